The van der Waals surface area contributed by atoms with Gasteiger partial charge in [-0.1, -0.05) is 26.3 Å². The van der Waals surface area contributed by atoms with E-state index < -0.39 is 0 Å². The van der Waals surface area contributed by atoms with E-state index in [1.54, 1.807) is 0 Å². The Morgan fingerprint density at radius 3 is 2.72 bits per heavy atom. The summed E-state index contributed by atoms with van der Waals surface area (Å²) in [6, 6.07) is 6.59. The molecule has 96 valence electrons. The Bertz CT molecular complexity index is 552. The van der Waals surface area contributed by atoms with Crippen LogP contribution in [0.4, 0.5) is 0 Å². The molecule has 0 bridgehead atoms. The lowest BCUT2D eigenvalue weighted by Crippen LogP contribution is -2.26. The number of aromatic nitrogens is 2. The molecule has 0 amide bonds. The van der Waals surface area contributed by atoms with Gasteiger partial charge in [0.2, 0.25) is 0 Å². The molecule has 1 atom stereocenters. The number of benzene rings is 1. The van der Waals surface area contributed by atoms with Crippen molar-refractivity contribution in [1.29, 1.82) is 0 Å². The Balaban J connectivity index is 1.94. The molecule has 3 N–H and O–H groups in total. The van der Waals surface area contributed by atoms with Gasteiger partial charge in [-0.05, 0) is 36.5 Å². The number of rotatable bonds is 3. The smallest absolute Gasteiger partial charge is 0.109 e. The van der Waals surface area contributed by atoms with Gasteiger partial charge in [0, 0.05) is 12.0 Å². The van der Waals surface area contributed by atoms with E-state index in [4.69, 9.17) is 5.73 Å². The number of hydrogen-bond donors (Lipinski definition) is 2. The number of nitrogens with zero attached hydrogens (tertiary/aromatic N) is 1. The predicted octanol–water partition coefficient (Wildman–Crippen LogP) is 3.49. The van der Waals surface area contributed by atoms with E-state index in [2.05, 4.69) is 42.0 Å². The lowest BCUT2D eigenvalue weighted by atomic mass is 9.77. The summed E-state index contributed by atoms with van der Waals surface area (Å²) < 4.78 is 0. The quantitative estimate of drug-likeness (QED) is 0.867. The van der Waals surface area contributed by atoms with Crippen molar-refractivity contribution in [2.24, 2.45) is 11.7 Å². The van der Waals surface area contributed by atoms with Crippen LogP contribution in [0.15, 0.2) is 18.2 Å². The number of fused-ring (bicyclic) bond motifs is 1. The molecule has 1 aromatic heterocycles. The first-order valence-corrected chi connectivity index (χ1v) is 6.90. The monoisotopic (exact) mass is 243 g/mol. The molecule has 18 heavy (non-hydrogen) atoms. The average Bonchev–Trinajstić information content (AvgIpc) is 2.69. The highest BCUT2D eigenvalue weighted by atomic mass is 14.9. The van der Waals surface area contributed by atoms with Gasteiger partial charge in [0.05, 0.1) is 11.0 Å². The van der Waals surface area contributed by atoms with Gasteiger partial charge in [0.25, 0.3) is 0 Å². The molecule has 0 saturated heterocycles. The molecular weight excluding hydrogens is 222 g/mol. The zero-order chi connectivity index (χ0) is 12.7. The van der Waals surface area contributed by atoms with Gasteiger partial charge >= 0.3 is 0 Å². The van der Waals surface area contributed by atoms with Crippen molar-refractivity contribution < 1.29 is 0 Å². The fourth-order valence-corrected chi connectivity index (χ4v) is 2.60. The van der Waals surface area contributed by atoms with E-state index in [9.17, 15) is 0 Å². The van der Waals surface area contributed by atoms with Crippen LogP contribution in [0.1, 0.15) is 56.5 Å². The second-order valence-corrected chi connectivity index (χ2v) is 5.77. The van der Waals surface area contributed by atoms with E-state index in [0.717, 1.165) is 16.9 Å². The van der Waals surface area contributed by atoms with Crippen molar-refractivity contribution in [3.63, 3.8) is 0 Å². The highest BCUT2D eigenvalue weighted by Crippen LogP contribution is 2.36. The van der Waals surface area contributed by atoms with Crippen LogP contribution in [0.25, 0.3) is 11.0 Å². The van der Waals surface area contributed by atoms with Crippen LogP contribution in [0.2, 0.25) is 0 Å². The summed E-state index contributed by atoms with van der Waals surface area (Å²) in [5.74, 6) is 2.16. The van der Waals surface area contributed by atoms with Gasteiger partial charge in [-0.3, -0.25) is 0 Å². The average molecular weight is 243 g/mol. The molecule has 1 aliphatic carbocycles. The topological polar surface area (TPSA) is 54.7 Å². The summed E-state index contributed by atoms with van der Waals surface area (Å²) in [6.07, 6.45) is 3.89. The molecule has 1 unspecified atom stereocenters. The highest BCUT2D eigenvalue weighted by Gasteiger charge is 2.25. The van der Waals surface area contributed by atoms with E-state index in [-0.39, 0.29) is 6.04 Å². The third kappa shape index (κ3) is 1.93. The van der Waals surface area contributed by atoms with Crippen LogP contribution in [-0.4, -0.2) is 9.97 Å². The van der Waals surface area contributed by atoms with Crippen molar-refractivity contribution >= 4 is 11.0 Å². The van der Waals surface area contributed by atoms with Gasteiger partial charge in [-0.15, -0.1) is 0 Å². The largest absolute Gasteiger partial charge is 0.342 e. The van der Waals surface area contributed by atoms with Crippen LogP contribution in [0, 0.1) is 5.92 Å². The summed E-state index contributed by atoms with van der Waals surface area (Å²) in [5.41, 5.74) is 9.73. The Kier molecular flexibility index (Phi) is 2.86. The molecule has 1 saturated carbocycles. The third-order valence-corrected chi connectivity index (χ3v) is 4.11. The Morgan fingerprint density at radius 2 is 2.11 bits per heavy atom. The summed E-state index contributed by atoms with van der Waals surface area (Å²) in [7, 11) is 0. The lowest BCUT2D eigenvalue weighted by Gasteiger charge is -2.31. The first-order valence-electron chi connectivity index (χ1n) is 6.90. The number of H-pyrrole nitrogens is 1. The van der Waals surface area contributed by atoms with Gasteiger partial charge in [-0.25, -0.2) is 4.98 Å². The maximum Gasteiger partial charge on any atom is 0.109 e. The minimum Gasteiger partial charge on any atom is -0.342 e. The number of aromatic amines is 1. The van der Waals surface area contributed by atoms with Crippen LogP contribution in [0.3, 0.4) is 0 Å². The minimum absolute atomic E-state index is 0.189. The summed E-state index contributed by atoms with van der Waals surface area (Å²) in [4.78, 5) is 7.99. The molecule has 1 aliphatic rings. The first kappa shape index (κ1) is 11.7. The molecule has 3 nitrogen and oxygen atoms in total. The van der Waals surface area contributed by atoms with E-state index in [0.29, 0.717) is 11.8 Å². The van der Waals surface area contributed by atoms with Crippen LogP contribution in [-0.2, 0) is 0 Å². The molecule has 3 heteroatoms. The number of imidazole rings is 1. The van der Waals surface area contributed by atoms with Crippen LogP contribution >= 0.6 is 0 Å². The zero-order valence-corrected chi connectivity index (χ0v) is 11.1. The molecule has 0 aliphatic heterocycles. The zero-order valence-electron chi connectivity index (χ0n) is 11.1. The normalized spacial score (nSPS) is 18.2. The summed E-state index contributed by atoms with van der Waals surface area (Å²) >= 11 is 0. The van der Waals surface area contributed by atoms with E-state index >= 15 is 0 Å². The van der Waals surface area contributed by atoms with Gasteiger partial charge < -0.3 is 10.7 Å². The maximum atomic E-state index is 6.32. The second-order valence-electron chi connectivity index (χ2n) is 5.77. The Hall–Kier alpha value is -1.35. The molecule has 1 fully saturated rings. The number of nitrogens with one attached hydrogen (secondary N) is 1. The van der Waals surface area contributed by atoms with Gasteiger partial charge in [-0.2, -0.15) is 0 Å². The van der Waals surface area contributed by atoms with Gasteiger partial charge in [0.15, 0.2) is 0 Å². The molecule has 2 aromatic rings. The van der Waals surface area contributed by atoms with Crippen molar-refractivity contribution in [3.05, 3.63) is 29.6 Å². The third-order valence-electron chi connectivity index (χ3n) is 4.11. The SMILES string of the molecule is CC(C)c1nc2ccc(C(N)C3CCC3)cc2[nH]1. The molecular formula is C15H21N3. The molecule has 3 rings (SSSR count). The summed E-state index contributed by atoms with van der Waals surface area (Å²) in [6.45, 7) is 4.30. The molecule has 1 aromatic carbocycles. The van der Waals surface area contributed by atoms with Crippen molar-refractivity contribution in [1.82, 2.24) is 9.97 Å². The fourth-order valence-electron chi connectivity index (χ4n) is 2.60. The molecule has 1 heterocycles. The van der Waals surface area contributed by atoms with E-state index in [1.807, 2.05) is 0 Å². The van der Waals surface area contributed by atoms with Crippen molar-refractivity contribution in [2.45, 2.75) is 45.1 Å². The first-order chi connectivity index (χ1) is 8.65. The molecule has 0 radical (unpaired) electrons. The standard InChI is InChI=1S/C15H21N3/c1-9(2)15-17-12-7-6-11(8-13(12)18-15)14(16)10-4-3-5-10/h6-10,14H,3-5,16H2,1-2H3,(H,17,18). The Morgan fingerprint density at radius 1 is 1.33 bits per heavy atom. The van der Waals surface area contributed by atoms with Gasteiger partial charge in [0.1, 0.15) is 5.82 Å². The maximum absolute atomic E-state index is 6.32. The second kappa shape index (κ2) is 4.39. The van der Waals surface area contributed by atoms with Crippen LogP contribution < -0.4 is 5.73 Å². The predicted molar refractivity (Wildman–Crippen MR) is 74.5 cm³/mol. The number of hydrogen-bond acceptors (Lipinski definition) is 2. The fraction of sp³-hybridized carbons (Fsp3) is 0.533. The van der Waals surface area contributed by atoms with Crippen LogP contribution in [0.5, 0.6) is 0 Å². The van der Waals surface area contributed by atoms with E-state index in [1.165, 1.54) is 24.8 Å². The Labute approximate surface area is 108 Å². The molecule has 0 spiro atoms. The van der Waals surface area contributed by atoms with Crippen molar-refractivity contribution in [3.8, 4) is 0 Å². The summed E-state index contributed by atoms with van der Waals surface area (Å²) in [5, 5.41) is 0. The number of nitrogens with two attached hydrogens (primary N) is 1. The minimum atomic E-state index is 0.189. The highest BCUT2D eigenvalue weighted by molar-refractivity contribution is 5.76. The lowest BCUT2D eigenvalue weighted by molar-refractivity contribution is 0.264. The van der Waals surface area contributed by atoms with Crippen molar-refractivity contribution in [2.75, 3.05) is 0 Å².